The zero-order valence-corrected chi connectivity index (χ0v) is 17.5. The van der Waals surface area contributed by atoms with Gasteiger partial charge in [-0.1, -0.05) is 0 Å². The Bertz CT molecular complexity index is 1050. The minimum absolute atomic E-state index is 0.00723. The number of ether oxygens (including phenoxy) is 1. The minimum Gasteiger partial charge on any atom is -0.545 e. The Morgan fingerprint density at radius 3 is 2.33 bits per heavy atom. The number of rotatable bonds is 3. The first kappa shape index (κ1) is 21.6. The van der Waals surface area contributed by atoms with Crippen LogP contribution in [0.1, 0.15) is 38.1 Å². The van der Waals surface area contributed by atoms with Crippen LogP contribution in [-0.2, 0) is 11.3 Å². The second kappa shape index (κ2) is 7.97. The maximum atomic E-state index is 14.9. The van der Waals surface area contributed by atoms with E-state index in [1.807, 2.05) is 0 Å². The lowest BCUT2D eigenvalue weighted by molar-refractivity contribution is -0.255. The Morgan fingerprint density at radius 2 is 1.80 bits per heavy atom. The van der Waals surface area contributed by atoms with E-state index in [0.717, 1.165) is 6.07 Å². The van der Waals surface area contributed by atoms with Gasteiger partial charge in [0.05, 0.1) is 22.7 Å². The summed E-state index contributed by atoms with van der Waals surface area (Å²) in [6.45, 7) is 9.12. The average Bonchev–Trinajstić information content (AvgIpc) is 2.67. The number of pyridine rings is 1. The standard InChI is InChI=1S/C21H26FN3O5/c1-5-23-12-14(19(27)28)18(26)13-10-15(22)17(11-16(13)23)24-6-8-25(9-7-24)20(29)30-21(2,3)4/h10-12H,5-9H2,1-4H3,(H,27,28)/p-1. The molecule has 0 atom stereocenters. The van der Waals surface area contributed by atoms with Gasteiger partial charge in [-0.2, -0.15) is 0 Å². The lowest BCUT2D eigenvalue weighted by Gasteiger charge is -2.37. The van der Waals surface area contributed by atoms with E-state index < -0.39 is 34.5 Å². The van der Waals surface area contributed by atoms with Crippen molar-refractivity contribution in [3.05, 3.63) is 39.9 Å². The molecule has 1 aliphatic heterocycles. The van der Waals surface area contributed by atoms with Crippen LogP contribution in [0.5, 0.6) is 0 Å². The second-order valence-electron chi connectivity index (χ2n) is 8.22. The molecule has 1 aliphatic rings. The lowest BCUT2D eigenvalue weighted by Crippen LogP contribution is -2.50. The van der Waals surface area contributed by atoms with E-state index in [9.17, 15) is 23.9 Å². The van der Waals surface area contributed by atoms with Crippen molar-refractivity contribution in [3.8, 4) is 0 Å². The van der Waals surface area contributed by atoms with Crippen LogP contribution in [0, 0.1) is 5.82 Å². The number of carbonyl (C=O) groups is 2. The van der Waals surface area contributed by atoms with Gasteiger partial charge in [-0.15, -0.1) is 0 Å². The number of nitrogens with zero attached hydrogens (tertiary/aromatic N) is 3. The molecule has 0 saturated carbocycles. The van der Waals surface area contributed by atoms with Crippen molar-refractivity contribution in [1.82, 2.24) is 9.47 Å². The van der Waals surface area contributed by atoms with Gasteiger partial charge in [0.25, 0.3) is 0 Å². The molecule has 30 heavy (non-hydrogen) atoms. The summed E-state index contributed by atoms with van der Waals surface area (Å²) in [5.74, 6) is -2.21. The topological polar surface area (TPSA) is 94.9 Å². The van der Waals surface area contributed by atoms with E-state index in [4.69, 9.17) is 4.74 Å². The highest BCUT2D eigenvalue weighted by molar-refractivity contribution is 5.92. The number of carbonyl (C=O) groups excluding carboxylic acids is 2. The van der Waals surface area contributed by atoms with Crippen LogP contribution in [0.4, 0.5) is 14.9 Å². The predicted octanol–water partition coefficient (Wildman–Crippen LogP) is 1.58. The van der Waals surface area contributed by atoms with E-state index >= 15 is 0 Å². The normalized spacial score (nSPS) is 14.8. The molecule has 162 valence electrons. The van der Waals surface area contributed by atoms with Crippen molar-refractivity contribution >= 4 is 28.7 Å². The summed E-state index contributed by atoms with van der Waals surface area (Å²) in [5, 5.41) is 11.2. The molecule has 1 fully saturated rings. The van der Waals surface area contributed by atoms with Gasteiger partial charge in [0.1, 0.15) is 11.4 Å². The van der Waals surface area contributed by atoms with E-state index in [0.29, 0.717) is 43.9 Å². The number of aromatic nitrogens is 1. The number of halogens is 1. The zero-order chi connectivity index (χ0) is 22.2. The number of fused-ring (bicyclic) bond motifs is 1. The van der Waals surface area contributed by atoms with Gasteiger partial charge in [-0.05, 0) is 39.8 Å². The Morgan fingerprint density at radius 1 is 1.17 bits per heavy atom. The molecular formula is C21H25FN3O5-. The van der Waals surface area contributed by atoms with E-state index in [2.05, 4.69) is 0 Å². The minimum atomic E-state index is -1.59. The number of hydrogen-bond acceptors (Lipinski definition) is 6. The van der Waals surface area contributed by atoms with E-state index in [-0.39, 0.29) is 5.39 Å². The molecule has 1 aromatic heterocycles. The monoisotopic (exact) mass is 418 g/mol. The fraction of sp³-hybridized carbons (Fsp3) is 0.476. The maximum Gasteiger partial charge on any atom is 0.410 e. The zero-order valence-electron chi connectivity index (χ0n) is 17.5. The van der Waals surface area contributed by atoms with Crippen molar-refractivity contribution < 1.29 is 23.8 Å². The van der Waals surface area contributed by atoms with Gasteiger partial charge in [0.15, 0.2) is 5.43 Å². The van der Waals surface area contributed by atoms with Crippen molar-refractivity contribution in [1.29, 1.82) is 0 Å². The predicted molar refractivity (Wildman–Crippen MR) is 108 cm³/mol. The molecule has 0 spiro atoms. The number of carboxylic acids is 1. The molecule has 0 unspecified atom stereocenters. The van der Waals surface area contributed by atoms with Crippen LogP contribution < -0.4 is 15.4 Å². The molecule has 2 aromatic rings. The van der Waals surface area contributed by atoms with Gasteiger partial charge >= 0.3 is 6.09 Å². The number of anilines is 1. The molecule has 1 aromatic carbocycles. The molecule has 8 nitrogen and oxygen atoms in total. The lowest BCUT2D eigenvalue weighted by atomic mass is 10.1. The molecule has 0 bridgehead atoms. The maximum absolute atomic E-state index is 14.9. The average molecular weight is 418 g/mol. The molecule has 0 N–H and O–H groups in total. The number of aromatic carboxylic acids is 1. The summed E-state index contributed by atoms with van der Waals surface area (Å²) in [7, 11) is 0. The van der Waals surface area contributed by atoms with Crippen LogP contribution >= 0.6 is 0 Å². The number of carboxylic acid groups (broad SMARTS) is 1. The van der Waals surface area contributed by atoms with Crippen molar-refractivity contribution in [3.63, 3.8) is 0 Å². The van der Waals surface area contributed by atoms with Gasteiger partial charge in [0.2, 0.25) is 0 Å². The Kier molecular flexibility index (Phi) is 5.74. The van der Waals surface area contributed by atoms with E-state index in [1.54, 1.807) is 48.1 Å². The summed E-state index contributed by atoms with van der Waals surface area (Å²) >= 11 is 0. The highest BCUT2D eigenvalue weighted by atomic mass is 19.1. The molecule has 9 heteroatoms. The molecule has 1 amide bonds. The van der Waals surface area contributed by atoms with E-state index in [1.165, 1.54) is 6.20 Å². The van der Waals surface area contributed by atoms with Crippen LogP contribution in [0.3, 0.4) is 0 Å². The van der Waals surface area contributed by atoms with Crippen molar-refractivity contribution in [2.45, 2.75) is 39.8 Å². The summed E-state index contributed by atoms with van der Waals surface area (Å²) < 4.78 is 21.8. The fourth-order valence-corrected chi connectivity index (χ4v) is 3.51. The number of benzene rings is 1. The first-order chi connectivity index (χ1) is 14.0. The third-order valence-electron chi connectivity index (χ3n) is 4.98. The first-order valence-corrected chi connectivity index (χ1v) is 9.82. The van der Waals surface area contributed by atoms with Crippen LogP contribution in [0.2, 0.25) is 0 Å². The molecular weight excluding hydrogens is 393 g/mol. The first-order valence-electron chi connectivity index (χ1n) is 9.82. The van der Waals surface area contributed by atoms with Gasteiger partial charge in [-0.3, -0.25) is 4.79 Å². The highest BCUT2D eigenvalue weighted by Crippen LogP contribution is 2.26. The summed E-state index contributed by atoms with van der Waals surface area (Å²) in [6.07, 6.45) is 0.818. The van der Waals surface area contributed by atoms with Gasteiger partial charge < -0.3 is 29.0 Å². The molecule has 3 rings (SSSR count). The second-order valence-corrected chi connectivity index (χ2v) is 8.22. The van der Waals surface area contributed by atoms with Crippen molar-refractivity contribution in [2.75, 3.05) is 31.1 Å². The fourth-order valence-electron chi connectivity index (χ4n) is 3.51. The third kappa shape index (κ3) is 4.24. The number of aryl methyl sites for hydroxylation is 1. The Labute approximate surface area is 173 Å². The molecule has 2 heterocycles. The van der Waals surface area contributed by atoms with Crippen LogP contribution in [0.25, 0.3) is 10.9 Å². The van der Waals surface area contributed by atoms with Gasteiger partial charge in [0, 0.05) is 44.3 Å². The highest BCUT2D eigenvalue weighted by Gasteiger charge is 2.27. The number of amides is 1. The molecule has 0 aliphatic carbocycles. The third-order valence-corrected chi connectivity index (χ3v) is 4.98. The molecule has 1 saturated heterocycles. The summed E-state index contributed by atoms with van der Waals surface area (Å²) in [6, 6.07) is 2.63. The largest absolute Gasteiger partial charge is 0.545 e. The quantitative estimate of drug-likeness (QED) is 0.751. The van der Waals surface area contributed by atoms with Crippen LogP contribution in [-0.4, -0.2) is 53.3 Å². The summed E-state index contributed by atoms with van der Waals surface area (Å²) in [5.41, 5.74) is -1.11. The van der Waals surface area contributed by atoms with Crippen LogP contribution in [0.15, 0.2) is 23.1 Å². The smallest absolute Gasteiger partial charge is 0.410 e. The summed E-state index contributed by atoms with van der Waals surface area (Å²) in [4.78, 5) is 39.3. The Hall–Kier alpha value is -3.10. The van der Waals surface area contributed by atoms with Gasteiger partial charge in [-0.25, -0.2) is 9.18 Å². The SMILES string of the molecule is CCn1cc(C(=O)[O-])c(=O)c2cc(F)c(N3CCN(C(=O)OC(C)(C)C)CC3)cc21. The Balaban J connectivity index is 1.90. The number of hydrogen-bond donors (Lipinski definition) is 0. The van der Waals surface area contributed by atoms with Crippen molar-refractivity contribution in [2.24, 2.45) is 0 Å². The number of piperazine rings is 1. The molecule has 0 radical (unpaired) electrons.